The summed E-state index contributed by atoms with van der Waals surface area (Å²) in [6.45, 7) is 4.10. The first-order chi connectivity index (χ1) is 12.2. The first-order valence-electron chi connectivity index (χ1n) is 8.47. The summed E-state index contributed by atoms with van der Waals surface area (Å²) in [5.74, 6) is 1.48. The topological polar surface area (TPSA) is 48.0 Å². The van der Waals surface area contributed by atoms with Crippen molar-refractivity contribution in [1.82, 2.24) is 4.90 Å². The number of hydrogen-bond donors (Lipinski definition) is 0. The van der Waals surface area contributed by atoms with Gasteiger partial charge in [-0.15, -0.1) is 0 Å². The fourth-order valence-electron chi connectivity index (χ4n) is 2.69. The molecule has 0 radical (unpaired) electrons. The molecule has 0 bridgehead atoms. The number of hydrogen-bond acceptors (Lipinski definition) is 4. The summed E-state index contributed by atoms with van der Waals surface area (Å²) in [5, 5.41) is 0. The molecule has 1 heterocycles. The predicted octanol–water partition coefficient (Wildman–Crippen LogP) is 2.68. The van der Waals surface area contributed by atoms with Gasteiger partial charge in [-0.05, 0) is 36.8 Å². The first-order valence-corrected chi connectivity index (χ1v) is 8.47. The quantitative estimate of drug-likeness (QED) is 0.810. The highest BCUT2D eigenvalue weighted by atomic mass is 16.5. The van der Waals surface area contributed by atoms with Crippen LogP contribution in [0.5, 0.6) is 11.5 Å². The van der Waals surface area contributed by atoms with Gasteiger partial charge in [-0.1, -0.05) is 30.3 Å². The van der Waals surface area contributed by atoms with E-state index in [0.717, 1.165) is 11.3 Å². The van der Waals surface area contributed by atoms with Gasteiger partial charge in [-0.2, -0.15) is 0 Å². The van der Waals surface area contributed by atoms with E-state index in [-0.39, 0.29) is 18.6 Å². The number of rotatable bonds is 6. The normalized spacial score (nSPS) is 17.2. The Labute approximate surface area is 148 Å². The Kier molecular flexibility index (Phi) is 5.90. The number of aryl methyl sites for hydroxylation is 1. The van der Waals surface area contributed by atoms with E-state index in [0.29, 0.717) is 32.1 Å². The first kappa shape index (κ1) is 17.3. The summed E-state index contributed by atoms with van der Waals surface area (Å²) in [4.78, 5) is 14.1. The van der Waals surface area contributed by atoms with Gasteiger partial charge in [0, 0.05) is 6.54 Å². The van der Waals surface area contributed by atoms with Gasteiger partial charge in [0.25, 0.3) is 5.91 Å². The zero-order valence-electron chi connectivity index (χ0n) is 14.4. The lowest BCUT2D eigenvalue weighted by molar-refractivity contribution is -0.142. The van der Waals surface area contributed by atoms with Crippen LogP contribution in [0.1, 0.15) is 5.56 Å². The van der Waals surface area contributed by atoms with Gasteiger partial charge in [0.05, 0.1) is 13.2 Å². The molecule has 1 amide bonds. The molecule has 0 aromatic heterocycles. The van der Waals surface area contributed by atoms with Crippen molar-refractivity contribution in [2.75, 3.05) is 32.9 Å². The van der Waals surface area contributed by atoms with Crippen molar-refractivity contribution >= 4 is 5.91 Å². The van der Waals surface area contributed by atoms with Crippen molar-refractivity contribution in [3.05, 3.63) is 60.2 Å². The number of benzene rings is 2. The monoisotopic (exact) mass is 341 g/mol. The molecule has 1 fully saturated rings. The molecule has 5 heteroatoms. The smallest absolute Gasteiger partial charge is 0.260 e. The summed E-state index contributed by atoms with van der Waals surface area (Å²) in [6.07, 6.45) is -0.130. The predicted molar refractivity (Wildman–Crippen MR) is 94.9 cm³/mol. The van der Waals surface area contributed by atoms with Crippen LogP contribution >= 0.6 is 0 Å². The highest BCUT2D eigenvalue weighted by molar-refractivity contribution is 5.77. The molecule has 0 saturated carbocycles. The third kappa shape index (κ3) is 5.22. The van der Waals surface area contributed by atoms with Gasteiger partial charge >= 0.3 is 0 Å². The molecule has 1 atom stereocenters. The van der Waals surface area contributed by atoms with Crippen LogP contribution in [-0.2, 0) is 9.53 Å². The maximum absolute atomic E-state index is 12.3. The Morgan fingerprint density at radius 1 is 1.12 bits per heavy atom. The second-order valence-electron chi connectivity index (χ2n) is 6.06. The van der Waals surface area contributed by atoms with Gasteiger partial charge in [0.2, 0.25) is 0 Å². The summed E-state index contributed by atoms with van der Waals surface area (Å²) in [7, 11) is 0. The molecular weight excluding hydrogens is 318 g/mol. The van der Waals surface area contributed by atoms with E-state index in [2.05, 4.69) is 0 Å². The SMILES string of the molecule is Cc1cccc(OCC2CN(C(=O)COc3ccccc3)CCO2)c1. The number of ether oxygens (including phenoxy) is 3. The second-order valence-corrected chi connectivity index (χ2v) is 6.06. The van der Waals surface area contributed by atoms with E-state index in [9.17, 15) is 4.79 Å². The molecule has 2 aromatic rings. The van der Waals surface area contributed by atoms with E-state index in [1.807, 2.05) is 61.5 Å². The van der Waals surface area contributed by atoms with E-state index >= 15 is 0 Å². The molecule has 0 aliphatic carbocycles. The Balaban J connectivity index is 1.46. The summed E-state index contributed by atoms with van der Waals surface area (Å²) in [6, 6.07) is 17.2. The van der Waals surface area contributed by atoms with Crippen LogP contribution in [0.25, 0.3) is 0 Å². The molecule has 1 unspecified atom stereocenters. The average Bonchev–Trinajstić information content (AvgIpc) is 2.65. The van der Waals surface area contributed by atoms with Crippen LogP contribution in [0.2, 0.25) is 0 Å². The van der Waals surface area contributed by atoms with Crippen molar-refractivity contribution < 1.29 is 19.0 Å². The molecule has 5 nitrogen and oxygen atoms in total. The standard InChI is InChI=1S/C20H23NO4/c1-16-6-5-9-18(12-16)24-14-19-13-21(10-11-23-19)20(22)15-25-17-7-3-2-4-8-17/h2-9,12,19H,10-11,13-15H2,1H3. The number of nitrogens with zero attached hydrogens (tertiary/aromatic N) is 1. The van der Waals surface area contributed by atoms with Gasteiger partial charge in [0.1, 0.15) is 24.2 Å². The third-order valence-corrected chi connectivity index (χ3v) is 4.02. The minimum absolute atomic E-state index is 0.0345. The van der Waals surface area contributed by atoms with E-state index in [1.54, 1.807) is 4.90 Å². The summed E-state index contributed by atoms with van der Waals surface area (Å²) >= 11 is 0. The molecular formula is C20H23NO4. The molecule has 2 aromatic carbocycles. The molecule has 1 saturated heterocycles. The maximum Gasteiger partial charge on any atom is 0.260 e. The Bertz CT molecular complexity index is 689. The molecule has 0 spiro atoms. The third-order valence-electron chi connectivity index (χ3n) is 4.02. The molecule has 3 rings (SSSR count). The molecule has 0 N–H and O–H groups in total. The fraction of sp³-hybridized carbons (Fsp3) is 0.350. The number of para-hydroxylation sites is 1. The molecule has 1 aliphatic rings. The minimum Gasteiger partial charge on any atom is -0.491 e. The summed E-state index contributed by atoms with van der Waals surface area (Å²) in [5.41, 5.74) is 1.15. The zero-order valence-corrected chi connectivity index (χ0v) is 14.4. The van der Waals surface area contributed by atoms with Gasteiger partial charge in [-0.25, -0.2) is 0 Å². The highest BCUT2D eigenvalue weighted by Gasteiger charge is 2.25. The van der Waals surface area contributed by atoms with E-state index in [1.165, 1.54) is 0 Å². The Hall–Kier alpha value is -2.53. The number of amides is 1. The lowest BCUT2D eigenvalue weighted by Crippen LogP contribution is -2.49. The number of carbonyl (C=O) groups excluding carboxylic acids is 1. The van der Waals surface area contributed by atoms with Crippen LogP contribution in [0.15, 0.2) is 54.6 Å². The average molecular weight is 341 g/mol. The Morgan fingerprint density at radius 2 is 1.92 bits per heavy atom. The van der Waals surface area contributed by atoms with E-state index in [4.69, 9.17) is 14.2 Å². The van der Waals surface area contributed by atoms with Gasteiger partial charge < -0.3 is 19.1 Å². The lowest BCUT2D eigenvalue weighted by Gasteiger charge is -2.32. The van der Waals surface area contributed by atoms with E-state index < -0.39 is 0 Å². The van der Waals surface area contributed by atoms with Crippen molar-refractivity contribution in [1.29, 1.82) is 0 Å². The minimum atomic E-state index is -0.130. The lowest BCUT2D eigenvalue weighted by atomic mass is 10.2. The largest absolute Gasteiger partial charge is 0.491 e. The highest BCUT2D eigenvalue weighted by Crippen LogP contribution is 2.15. The zero-order chi connectivity index (χ0) is 17.5. The van der Waals surface area contributed by atoms with Crippen molar-refractivity contribution in [3.63, 3.8) is 0 Å². The van der Waals surface area contributed by atoms with Crippen LogP contribution in [-0.4, -0.2) is 49.8 Å². The van der Waals surface area contributed by atoms with Crippen LogP contribution in [0, 0.1) is 6.92 Å². The fourth-order valence-corrected chi connectivity index (χ4v) is 2.69. The number of carbonyl (C=O) groups is 1. The van der Waals surface area contributed by atoms with Crippen molar-refractivity contribution in [2.24, 2.45) is 0 Å². The second kappa shape index (κ2) is 8.53. The molecule has 25 heavy (non-hydrogen) atoms. The van der Waals surface area contributed by atoms with Crippen molar-refractivity contribution in [2.45, 2.75) is 13.0 Å². The molecule has 1 aliphatic heterocycles. The maximum atomic E-state index is 12.3. The number of morpholine rings is 1. The van der Waals surface area contributed by atoms with Crippen LogP contribution in [0.4, 0.5) is 0 Å². The van der Waals surface area contributed by atoms with Gasteiger partial charge in [0.15, 0.2) is 6.61 Å². The van der Waals surface area contributed by atoms with Crippen LogP contribution < -0.4 is 9.47 Å². The van der Waals surface area contributed by atoms with Crippen molar-refractivity contribution in [3.8, 4) is 11.5 Å². The Morgan fingerprint density at radius 3 is 2.72 bits per heavy atom. The summed E-state index contributed by atoms with van der Waals surface area (Å²) < 4.78 is 17.0. The molecule has 132 valence electrons. The van der Waals surface area contributed by atoms with Crippen LogP contribution in [0.3, 0.4) is 0 Å². The van der Waals surface area contributed by atoms with Gasteiger partial charge in [-0.3, -0.25) is 4.79 Å².